The summed E-state index contributed by atoms with van der Waals surface area (Å²) in [6, 6.07) is 3.44. The molecule has 1 aliphatic rings. The van der Waals surface area contributed by atoms with Gasteiger partial charge in [0, 0.05) is 25.2 Å². The van der Waals surface area contributed by atoms with Gasteiger partial charge in [0.2, 0.25) is 11.8 Å². The Labute approximate surface area is 106 Å². The van der Waals surface area contributed by atoms with E-state index in [1.54, 1.807) is 9.80 Å². The van der Waals surface area contributed by atoms with Crippen molar-refractivity contribution in [2.75, 3.05) is 13.1 Å². The Hall–Kier alpha value is -2.08. The van der Waals surface area contributed by atoms with Crippen molar-refractivity contribution < 1.29 is 9.59 Å². The molecule has 0 aromatic rings. The minimum atomic E-state index is -0.204. The Morgan fingerprint density at radius 2 is 1.33 bits per heavy atom. The van der Waals surface area contributed by atoms with Gasteiger partial charge in [0.05, 0.1) is 12.1 Å². The van der Waals surface area contributed by atoms with Gasteiger partial charge in [-0.15, -0.1) is 0 Å². The SMILES string of the molecule is CC1CN(C(=O)CC#N)C(C)CN1C(=O)CC#N. The van der Waals surface area contributed by atoms with E-state index >= 15 is 0 Å². The van der Waals surface area contributed by atoms with Crippen LogP contribution in [0.15, 0.2) is 0 Å². The lowest BCUT2D eigenvalue weighted by Crippen LogP contribution is -2.59. The third kappa shape index (κ3) is 2.98. The first kappa shape index (κ1) is 14.0. The van der Waals surface area contributed by atoms with Crippen molar-refractivity contribution in [3.05, 3.63) is 0 Å². The minimum Gasteiger partial charge on any atom is -0.335 e. The standard InChI is InChI=1S/C12H16N4O2/c1-9-7-16(12(18)4-6-14)10(2)8-15(9)11(17)3-5-13/h9-10H,3-4,7-8H2,1-2H3. The van der Waals surface area contributed by atoms with Crippen molar-refractivity contribution >= 4 is 11.8 Å². The molecule has 0 radical (unpaired) electrons. The van der Waals surface area contributed by atoms with Crippen molar-refractivity contribution in [2.45, 2.75) is 38.8 Å². The lowest BCUT2D eigenvalue weighted by atomic mass is 10.1. The number of amides is 2. The Morgan fingerprint density at radius 3 is 1.61 bits per heavy atom. The maximum Gasteiger partial charge on any atom is 0.237 e. The molecule has 1 rings (SSSR count). The molecule has 1 fully saturated rings. The molecule has 0 saturated carbocycles. The highest BCUT2D eigenvalue weighted by Gasteiger charge is 2.33. The van der Waals surface area contributed by atoms with E-state index in [2.05, 4.69) is 0 Å². The smallest absolute Gasteiger partial charge is 0.237 e. The van der Waals surface area contributed by atoms with Crippen molar-refractivity contribution in [3.63, 3.8) is 0 Å². The molecule has 18 heavy (non-hydrogen) atoms. The number of hydrogen-bond acceptors (Lipinski definition) is 4. The molecule has 6 nitrogen and oxygen atoms in total. The molecule has 0 aromatic carbocycles. The second-order valence-electron chi connectivity index (χ2n) is 4.46. The van der Waals surface area contributed by atoms with Crippen LogP contribution in [0.1, 0.15) is 26.7 Å². The maximum absolute atomic E-state index is 11.7. The third-order valence-electron chi connectivity index (χ3n) is 3.09. The number of carbonyl (C=O) groups excluding carboxylic acids is 2. The van der Waals surface area contributed by atoms with Crippen LogP contribution >= 0.6 is 0 Å². The van der Waals surface area contributed by atoms with E-state index in [0.717, 1.165) is 0 Å². The number of hydrogen-bond donors (Lipinski definition) is 0. The first-order chi connectivity index (χ1) is 8.51. The van der Waals surface area contributed by atoms with E-state index in [1.807, 2.05) is 26.0 Å². The van der Waals surface area contributed by atoms with Crippen molar-refractivity contribution in [3.8, 4) is 12.1 Å². The molecule has 1 heterocycles. The summed E-state index contributed by atoms with van der Waals surface area (Å²) in [7, 11) is 0. The molecule has 0 aliphatic carbocycles. The Balaban J connectivity index is 2.71. The van der Waals surface area contributed by atoms with Gasteiger partial charge in [-0.2, -0.15) is 10.5 Å². The zero-order valence-corrected chi connectivity index (χ0v) is 10.6. The highest BCUT2D eigenvalue weighted by molar-refractivity contribution is 5.81. The molecule has 96 valence electrons. The second-order valence-corrected chi connectivity index (χ2v) is 4.46. The van der Waals surface area contributed by atoms with Crippen LogP contribution in [0.25, 0.3) is 0 Å². The number of rotatable bonds is 2. The predicted molar refractivity (Wildman–Crippen MR) is 62.8 cm³/mol. The van der Waals surface area contributed by atoms with Crippen LogP contribution in [0.5, 0.6) is 0 Å². The normalized spacial score (nSPS) is 23.1. The highest BCUT2D eigenvalue weighted by Crippen LogP contribution is 2.17. The first-order valence-corrected chi connectivity index (χ1v) is 5.84. The molecule has 0 bridgehead atoms. The van der Waals surface area contributed by atoms with Crippen molar-refractivity contribution in [2.24, 2.45) is 0 Å². The van der Waals surface area contributed by atoms with Gasteiger partial charge in [-0.05, 0) is 13.8 Å². The lowest BCUT2D eigenvalue weighted by molar-refractivity contribution is -0.144. The van der Waals surface area contributed by atoms with Gasteiger partial charge in [-0.1, -0.05) is 0 Å². The largest absolute Gasteiger partial charge is 0.335 e. The predicted octanol–water partition coefficient (Wildman–Crippen LogP) is 0.262. The van der Waals surface area contributed by atoms with Crippen LogP contribution in [-0.4, -0.2) is 46.8 Å². The fourth-order valence-electron chi connectivity index (χ4n) is 2.16. The molecule has 2 atom stereocenters. The summed E-state index contributed by atoms with van der Waals surface area (Å²) >= 11 is 0. The zero-order valence-electron chi connectivity index (χ0n) is 10.6. The summed E-state index contributed by atoms with van der Waals surface area (Å²) in [6.45, 7) is 4.51. The minimum absolute atomic E-state index is 0.121. The van der Waals surface area contributed by atoms with Crippen LogP contribution in [0.2, 0.25) is 0 Å². The van der Waals surface area contributed by atoms with Gasteiger partial charge in [-0.3, -0.25) is 9.59 Å². The summed E-state index contributed by atoms with van der Waals surface area (Å²) in [4.78, 5) is 26.7. The number of nitrogens with zero attached hydrogens (tertiary/aromatic N) is 4. The van der Waals surface area contributed by atoms with Gasteiger partial charge < -0.3 is 9.80 Å². The van der Waals surface area contributed by atoms with E-state index in [4.69, 9.17) is 10.5 Å². The van der Waals surface area contributed by atoms with Crippen LogP contribution in [0.4, 0.5) is 0 Å². The van der Waals surface area contributed by atoms with E-state index < -0.39 is 0 Å². The monoisotopic (exact) mass is 248 g/mol. The van der Waals surface area contributed by atoms with Gasteiger partial charge >= 0.3 is 0 Å². The summed E-state index contributed by atoms with van der Waals surface area (Å²) in [5.74, 6) is -0.409. The van der Waals surface area contributed by atoms with E-state index in [0.29, 0.717) is 13.1 Å². The molecule has 0 aromatic heterocycles. The summed E-state index contributed by atoms with van der Waals surface area (Å²) in [6.07, 6.45) is -0.271. The lowest BCUT2D eigenvalue weighted by Gasteiger charge is -2.43. The molecule has 0 spiro atoms. The van der Waals surface area contributed by atoms with Gasteiger partial charge in [0.15, 0.2) is 0 Å². The average Bonchev–Trinajstić information content (AvgIpc) is 2.32. The van der Waals surface area contributed by atoms with E-state index in [9.17, 15) is 9.59 Å². The molecule has 6 heteroatoms. The molecule has 2 amide bonds. The van der Waals surface area contributed by atoms with Crippen molar-refractivity contribution in [1.29, 1.82) is 10.5 Å². The number of nitriles is 2. The van der Waals surface area contributed by atoms with Gasteiger partial charge in [-0.25, -0.2) is 0 Å². The molecular formula is C12H16N4O2. The Bertz CT molecular complexity index is 381. The molecule has 0 N–H and O–H groups in total. The summed E-state index contributed by atoms with van der Waals surface area (Å²) in [5, 5.41) is 17.1. The summed E-state index contributed by atoms with van der Waals surface area (Å²) < 4.78 is 0. The van der Waals surface area contributed by atoms with Crippen LogP contribution < -0.4 is 0 Å². The maximum atomic E-state index is 11.7. The summed E-state index contributed by atoms with van der Waals surface area (Å²) in [5.41, 5.74) is 0. The van der Waals surface area contributed by atoms with Crippen LogP contribution in [-0.2, 0) is 9.59 Å². The van der Waals surface area contributed by atoms with Gasteiger partial charge in [0.25, 0.3) is 0 Å². The second kappa shape index (κ2) is 6.02. The average molecular weight is 248 g/mol. The van der Waals surface area contributed by atoms with Gasteiger partial charge in [0.1, 0.15) is 12.8 Å². The fourth-order valence-corrected chi connectivity index (χ4v) is 2.16. The molecule has 2 unspecified atom stereocenters. The molecular weight excluding hydrogens is 232 g/mol. The van der Waals surface area contributed by atoms with E-state index in [1.165, 1.54) is 0 Å². The number of piperazine rings is 1. The highest BCUT2D eigenvalue weighted by atomic mass is 16.2. The third-order valence-corrected chi connectivity index (χ3v) is 3.09. The Morgan fingerprint density at radius 1 is 1.00 bits per heavy atom. The van der Waals surface area contributed by atoms with Crippen LogP contribution in [0, 0.1) is 22.7 Å². The molecule has 1 aliphatic heterocycles. The Kier molecular flexibility index (Phi) is 4.67. The van der Waals surface area contributed by atoms with Crippen LogP contribution in [0.3, 0.4) is 0 Å². The quantitative estimate of drug-likeness (QED) is 0.701. The zero-order chi connectivity index (χ0) is 13.7. The number of carbonyl (C=O) groups is 2. The van der Waals surface area contributed by atoms with E-state index in [-0.39, 0.29) is 36.7 Å². The fraction of sp³-hybridized carbons (Fsp3) is 0.667. The topological polar surface area (TPSA) is 88.2 Å². The first-order valence-electron chi connectivity index (χ1n) is 5.84. The van der Waals surface area contributed by atoms with Crippen molar-refractivity contribution in [1.82, 2.24) is 9.80 Å². The molecule has 1 saturated heterocycles.